The first kappa shape index (κ1) is 16.5. The van der Waals surface area contributed by atoms with Gasteiger partial charge in [-0.15, -0.1) is 0 Å². The van der Waals surface area contributed by atoms with Crippen LogP contribution in [-0.2, 0) is 4.79 Å². The molecule has 7 heteroatoms. The van der Waals surface area contributed by atoms with Crippen LogP contribution < -0.4 is 5.73 Å². The van der Waals surface area contributed by atoms with E-state index >= 15 is 0 Å². The molecular weight excluding hydrogens is 330 g/mol. The zero-order chi connectivity index (χ0) is 17.9. The van der Waals surface area contributed by atoms with E-state index in [9.17, 15) is 4.79 Å². The molecule has 0 unspecified atom stereocenters. The molecule has 26 heavy (non-hydrogen) atoms. The second-order valence-electron chi connectivity index (χ2n) is 6.56. The summed E-state index contributed by atoms with van der Waals surface area (Å²) in [4.78, 5) is 23.7. The Kier molecular flexibility index (Phi) is 4.53. The highest BCUT2D eigenvalue weighted by molar-refractivity contribution is 5.73. The number of nitrogens with zero attached hydrogens (tertiary/aromatic N) is 4. The van der Waals surface area contributed by atoms with Gasteiger partial charge in [-0.2, -0.15) is 4.98 Å². The molecule has 2 aliphatic rings. The van der Waals surface area contributed by atoms with Gasteiger partial charge in [-0.25, -0.2) is 4.98 Å². The highest BCUT2D eigenvalue weighted by Crippen LogP contribution is 2.26. The van der Waals surface area contributed by atoms with Crippen LogP contribution in [0.5, 0.6) is 0 Å². The fraction of sp³-hybridized carbons (Fsp3) is 0.316. The first-order valence-corrected chi connectivity index (χ1v) is 8.72. The van der Waals surface area contributed by atoms with Crippen molar-refractivity contribution < 1.29 is 9.21 Å². The molecule has 3 heterocycles. The Labute approximate surface area is 151 Å². The van der Waals surface area contributed by atoms with Crippen molar-refractivity contribution in [3.8, 4) is 0 Å². The van der Waals surface area contributed by atoms with Crippen molar-refractivity contribution in [3.05, 3.63) is 53.7 Å². The smallest absolute Gasteiger partial charge is 0.225 e. The van der Waals surface area contributed by atoms with Crippen LogP contribution >= 0.6 is 0 Å². The number of piperazine rings is 1. The third kappa shape index (κ3) is 3.52. The Hall–Kier alpha value is -2.93. The van der Waals surface area contributed by atoms with E-state index in [0.717, 1.165) is 56.0 Å². The molecule has 0 spiro atoms. The third-order valence-electron chi connectivity index (χ3n) is 4.67. The summed E-state index contributed by atoms with van der Waals surface area (Å²) < 4.78 is 5.87. The van der Waals surface area contributed by atoms with Crippen LogP contribution in [0.25, 0.3) is 16.8 Å². The summed E-state index contributed by atoms with van der Waals surface area (Å²) in [7, 11) is 0. The van der Waals surface area contributed by atoms with Gasteiger partial charge in [-0.1, -0.05) is 6.08 Å². The molecule has 134 valence electrons. The summed E-state index contributed by atoms with van der Waals surface area (Å²) in [5, 5.41) is 0. The average Bonchev–Trinajstić information content (AvgIpc) is 3.00. The maximum Gasteiger partial charge on any atom is 0.225 e. The lowest BCUT2D eigenvalue weighted by atomic mass is 10.1. The molecule has 4 rings (SSSR count). The fourth-order valence-electron chi connectivity index (χ4n) is 3.26. The molecule has 0 atom stereocenters. The lowest BCUT2D eigenvalue weighted by molar-refractivity contribution is -0.119. The summed E-state index contributed by atoms with van der Waals surface area (Å²) in [6, 6.07) is 3.70. The van der Waals surface area contributed by atoms with Gasteiger partial charge in [0.05, 0.1) is 0 Å². The second kappa shape index (κ2) is 7.13. The first-order valence-electron chi connectivity index (χ1n) is 8.72. The third-order valence-corrected chi connectivity index (χ3v) is 4.67. The topological polar surface area (TPSA) is 88.5 Å². The molecule has 2 N–H and O–H groups in total. The highest BCUT2D eigenvalue weighted by atomic mass is 16.3. The Morgan fingerprint density at radius 2 is 2.08 bits per heavy atom. The number of allylic oxidation sites excluding steroid dienone is 3. The maximum absolute atomic E-state index is 10.9. The van der Waals surface area contributed by atoms with Crippen molar-refractivity contribution in [3.63, 3.8) is 0 Å². The number of hydrogen-bond donors (Lipinski definition) is 1. The predicted molar refractivity (Wildman–Crippen MR) is 98.8 cm³/mol. The molecule has 1 amide bonds. The minimum atomic E-state index is 0.585. The molecule has 0 aromatic carbocycles. The number of carbonyl (C=O) groups is 1. The Morgan fingerprint density at radius 1 is 1.23 bits per heavy atom. The molecule has 7 nitrogen and oxygen atoms in total. The van der Waals surface area contributed by atoms with Gasteiger partial charge in [0.25, 0.3) is 0 Å². The zero-order valence-electron chi connectivity index (χ0n) is 14.5. The van der Waals surface area contributed by atoms with E-state index in [1.807, 2.05) is 24.3 Å². The largest absolute Gasteiger partial charge is 0.435 e. The van der Waals surface area contributed by atoms with Crippen molar-refractivity contribution in [2.45, 2.75) is 6.42 Å². The van der Waals surface area contributed by atoms with E-state index in [2.05, 4.69) is 20.9 Å². The fourth-order valence-corrected chi connectivity index (χ4v) is 3.26. The standard InChI is InChI=1S/C19H21N5O2/c20-16-4-3-15(19-22-18-17(26-19)2-1-5-21-18)10-14(11-16)12-23-6-8-24(13-25)9-7-23/h1-2,4-5,10-11,13H,3,6-9,12,20H2. The van der Waals surface area contributed by atoms with Crippen LogP contribution in [0, 0.1) is 0 Å². The number of amides is 1. The molecule has 0 saturated carbocycles. The van der Waals surface area contributed by atoms with Crippen LogP contribution in [0.3, 0.4) is 0 Å². The molecule has 0 bridgehead atoms. The van der Waals surface area contributed by atoms with E-state index < -0.39 is 0 Å². The van der Waals surface area contributed by atoms with Gasteiger partial charge < -0.3 is 15.1 Å². The molecule has 2 aromatic rings. The molecule has 0 radical (unpaired) electrons. The molecule has 1 fully saturated rings. The summed E-state index contributed by atoms with van der Waals surface area (Å²) in [6.07, 6.45) is 9.37. The summed E-state index contributed by atoms with van der Waals surface area (Å²) in [6.45, 7) is 4.01. The van der Waals surface area contributed by atoms with Crippen LogP contribution in [0.2, 0.25) is 0 Å². The van der Waals surface area contributed by atoms with Crippen LogP contribution in [0.4, 0.5) is 0 Å². The van der Waals surface area contributed by atoms with Gasteiger partial charge in [0.2, 0.25) is 12.3 Å². The predicted octanol–water partition coefficient (Wildman–Crippen LogP) is 1.55. The van der Waals surface area contributed by atoms with Crippen molar-refractivity contribution >= 4 is 23.2 Å². The minimum Gasteiger partial charge on any atom is -0.435 e. The van der Waals surface area contributed by atoms with Crippen molar-refractivity contribution in [1.82, 2.24) is 19.8 Å². The number of oxazole rings is 1. The van der Waals surface area contributed by atoms with E-state index in [1.54, 1.807) is 11.1 Å². The van der Waals surface area contributed by atoms with Crippen molar-refractivity contribution in [1.29, 1.82) is 0 Å². The summed E-state index contributed by atoms with van der Waals surface area (Å²) in [5.41, 5.74) is 10.2. The van der Waals surface area contributed by atoms with Crippen LogP contribution in [-0.4, -0.2) is 58.9 Å². The lowest BCUT2D eigenvalue weighted by Gasteiger charge is -2.32. The lowest BCUT2D eigenvalue weighted by Crippen LogP contribution is -2.46. The number of fused-ring (bicyclic) bond motifs is 1. The Morgan fingerprint density at radius 3 is 2.85 bits per heavy atom. The average molecular weight is 351 g/mol. The van der Waals surface area contributed by atoms with Gasteiger partial charge in [0, 0.05) is 50.2 Å². The normalized spacial score (nSPS) is 18.9. The van der Waals surface area contributed by atoms with Gasteiger partial charge in [0.15, 0.2) is 11.2 Å². The first-order chi connectivity index (χ1) is 12.7. The Bertz CT molecular complexity index is 871. The van der Waals surface area contributed by atoms with E-state index in [0.29, 0.717) is 23.5 Å². The zero-order valence-corrected chi connectivity index (χ0v) is 14.5. The van der Waals surface area contributed by atoms with Gasteiger partial charge >= 0.3 is 0 Å². The summed E-state index contributed by atoms with van der Waals surface area (Å²) >= 11 is 0. The number of pyridine rings is 1. The summed E-state index contributed by atoms with van der Waals surface area (Å²) in [5.74, 6) is 0.585. The van der Waals surface area contributed by atoms with E-state index in [1.165, 1.54) is 0 Å². The number of rotatable bonds is 4. The van der Waals surface area contributed by atoms with Crippen LogP contribution in [0.1, 0.15) is 12.3 Å². The van der Waals surface area contributed by atoms with E-state index in [4.69, 9.17) is 10.2 Å². The number of hydrogen-bond acceptors (Lipinski definition) is 6. The quantitative estimate of drug-likeness (QED) is 0.841. The number of nitrogens with two attached hydrogens (primary N) is 1. The number of aromatic nitrogens is 2. The molecule has 1 aliphatic carbocycles. The van der Waals surface area contributed by atoms with Gasteiger partial charge in [-0.3, -0.25) is 9.69 Å². The monoisotopic (exact) mass is 351 g/mol. The second-order valence-corrected chi connectivity index (χ2v) is 6.56. The molecule has 1 aliphatic heterocycles. The van der Waals surface area contributed by atoms with E-state index in [-0.39, 0.29) is 0 Å². The number of carbonyl (C=O) groups excluding carboxylic acids is 1. The van der Waals surface area contributed by atoms with Gasteiger partial charge in [0.1, 0.15) is 0 Å². The molecular formula is C19H21N5O2. The maximum atomic E-state index is 10.9. The van der Waals surface area contributed by atoms with Crippen LogP contribution in [0.15, 0.2) is 52.2 Å². The molecule has 1 saturated heterocycles. The van der Waals surface area contributed by atoms with Gasteiger partial charge in [-0.05, 0) is 36.3 Å². The van der Waals surface area contributed by atoms with Crippen molar-refractivity contribution in [2.75, 3.05) is 32.7 Å². The Balaban J connectivity index is 1.56. The minimum absolute atomic E-state index is 0.585. The van der Waals surface area contributed by atoms with Crippen molar-refractivity contribution in [2.24, 2.45) is 5.73 Å². The highest BCUT2D eigenvalue weighted by Gasteiger charge is 2.18. The molecule has 2 aromatic heterocycles. The SMILES string of the molecule is NC1=CCC(c2nc3ncccc3o2)=CC(CN2CCN(C=O)CC2)=C1.